The molecule has 25 heavy (non-hydrogen) atoms. The molecule has 2 aliphatic rings. The van der Waals surface area contributed by atoms with Crippen LogP contribution in [0, 0.1) is 0 Å². The van der Waals surface area contributed by atoms with Crippen molar-refractivity contribution in [3.05, 3.63) is 53.8 Å². The number of hydrogen-bond donors (Lipinski definition) is 1. The first-order chi connectivity index (χ1) is 11.8. The number of allylic oxidation sites excluding steroid dienone is 3. The summed E-state index contributed by atoms with van der Waals surface area (Å²) in [6.07, 6.45) is 6.04. The van der Waals surface area contributed by atoms with E-state index in [2.05, 4.69) is 5.32 Å². The molecule has 1 aliphatic heterocycles. The van der Waals surface area contributed by atoms with Gasteiger partial charge in [-0.15, -0.1) is 0 Å². The van der Waals surface area contributed by atoms with E-state index in [-0.39, 0.29) is 24.9 Å². The van der Waals surface area contributed by atoms with Crippen LogP contribution in [0.4, 0.5) is 4.79 Å². The number of alkyl carbamates (subject to hydrolysis) is 1. The largest absolute Gasteiger partial charge is 0.494 e. The monoisotopic (exact) mass is 341 g/mol. The van der Waals surface area contributed by atoms with E-state index in [9.17, 15) is 4.79 Å². The molecule has 1 saturated heterocycles. The molecule has 0 aromatic heterocycles. The van der Waals surface area contributed by atoms with E-state index < -0.39 is 6.09 Å². The van der Waals surface area contributed by atoms with Crippen molar-refractivity contribution in [3.8, 4) is 0 Å². The quantitative estimate of drug-likeness (QED) is 0.856. The van der Waals surface area contributed by atoms with Crippen molar-refractivity contribution >= 4 is 18.7 Å². The molecule has 1 fully saturated rings. The van der Waals surface area contributed by atoms with Crippen LogP contribution in [0.1, 0.15) is 39.7 Å². The van der Waals surface area contributed by atoms with Crippen LogP contribution in [-0.4, -0.2) is 24.4 Å². The zero-order valence-electron chi connectivity index (χ0n) is 15.2. The van der Waals surface area contributed by atoms with Gasteiger partial charge in [-0.25, -0.2) is 4.79 Å². The summed E-state index contributed by atoms with van der Waals surface area (Å²) in [5.74, 6) is 0. The van der Waals surface area contributed by atoms with E-state index in [0.717, 1.165) is 23.1 Å². The van der Waals surface area contributed by atoms with E-state index >= 15 is 0 Å². The lowest BCUT2D eigenvalue weighted by atomic mass is 9.79. The van der Waals surface area contributed by atoms with Crippen LogP contribution < -0.4 is 10.8 Å². The number of amides is 1. The fraction of sp³-hybridized carbons (Fsp3) is 0.421. The number of carbonyl (C=O) groups is 1. The molecule has 0 bridgehead atoms. The molecule has 1 heterocycles. The topological polar surface area (TPSA) is 56.8 Å². The third-order valence-electron chi connectivity index (χ3n) is 4.91. The smallest absolute Gasteiger partial charge is 0.444 e. The second-order valence-corrected chi connectivity index (χ2v) is 7.36. The Morgan fingerprint density at radius 3 is 2.36 bits per heavy atom. The van der Waals surface area contributed by atoms with Crippen LogP contribution in [0.15, 0.2) is 48.2 Å². The van der Waals surface area contributed by atoms with Gasteiger partial charge < -0.3 is 14.0 Å². The molecule has 6 heteroatoms. The molecule has 1 aromatic rings. The Hall–Kier alpha value is -2.05. The fourth-order valence-corrected chi connectivity index (χ4v) is 2.61. The molecule has 0 unspecified atom stereocenters. The van der Waals surface area contributed by atoms with Crippen molar-refractivity contribution in [1.82, 2.24) is 5.32 Å². The highest BCUT2D eigenvalue weighted by Gasteiger charge is 2.51. The molecule has 0 atom stereocenters. The van der Waals surface area contributed by atoms with Gasteiger partial charge in [0, 0.05) is 12.1 Å². The molecule has 0 spiro atoms. The zero-order valence-corrected chi connectivity index (χ0v) is 15.2. The highest BCUT2D eigenvalue weighted by atomic mass is 16.7. The molecular weight excluding hydrogens is 317 g/mol. The number of carbonyl (C=O) groups excluding carboxylic acids is 1. The molecule has 0 radical (unpaired) electrons. The standard InChI is InChI=1S/C19H24BNO4/c1-18(2)19(3,4)25-20(24-18)15-11-9-14(10-12-15)13-23-17(22)21-16-7-5-6-8-16/h5-7,9-12H,8,13H2,1-4H3,(H,21,22). The molecule has 3 rings (SSSR count). The third kappa shape index (κ3) is 3.97. The summed E-state index contributed by atoms with van der Waals surface area (Å²) < 4.78 is 17.3. The van der Waals surface area contributed by atoms with Gasteiger partial charge in [0.2, 0.25) is 0 Å². The summed E-state index contributed by atoms with van der Waals surface area (Å²) in [4.78, 5) is 11.7. The van der Waals surface area contributed by atoms with Crippen LogP contribution in [0.5, 0.6) is 0 Å². The number of rotatable bonds is 4. The summed E-state index contributed by atoms with van der Waals surface area (Å²) >= 11 is 0. The molecule has 1 aliphatic carbocycles. The molecule has 1 N–H and O–H groups in total. The predicted octanol–water partition coefficient (Wildman–Crippen LogP) is 3.06. The minimum absolute atomic E-state index is 0.218. The number of hydrogen-bond acceptors (Lipinski definition) is 4. The van der Waals surface area contributed by atoms with Crippen molar-refractivity contribution in [2.75, 3.05) is 0 Å². The Balaban J connectivity index is 1.53. The minimum Gasteiger partial charge on any atom is -0.444 e. The van der Waals surface area contributed by atoms with E-state index in [4.69, 9.17) is 14.0 Å². The Labute approximate surface area is 149 Å². The second kappa shape index (κ2) is 6.69. The highest BCUT2D eigenvalue weighted by molar-refractivity contribution is 6.62. The van der Waals surface area contributed by atoms with Gasteiger partial charge in [0.25, 0.3) is 0 Å². The lowest BCUT2D eigenvalue weighted by Crippen LogP contribution is -2.41. The van der Waals surface area contributed by atoms with Gasteiger partial charge in [0.05, 0.1) is 11.2 Å². The van der Waals surface area contributed by atoms with Gasteiger partial charge in [-0.3, -0.25) is 5.32 Å². The van der Waals surface area contributed by atoms with Crippen molar-refractivity contribution in [2.45, 2.75) is 51.9 Å². The van der Waals surface area contributed by atoms with E-state index in [1.165, 1.54) is 0 Å². The number of nitrogens with one attached hydrogen (secondary N) is 1. The van der Waals surface area contributed by atoms with Crippen LogP contribution >= 0.6 is 0 Å². The Morgan fingerprint density at radius 2 is 1.80 bits per heavy atom. The first-order valence-corrected chi connectivity index (χ1v) is 8.51. The highest BCUT2D eigenvalue weighted by Crippen LogP contribution is 2.36. The third-order valence-corrected chi connectivity index (χ3v) is 4.91. The second-order valence-electron chi connectivity index (χ2n) is 7.36. The van der Waals surface area contributed by atoms with Gasteiger partial charge in [-0.1, -0.05) is 36.4 Å². The van der Waals surface area contributed by atoms with Crippen molar-refractivity contribution < 1.29 is 18.8 Å². The van der Waals surface area contributed by atoms with Crippen LogP contribution in [0.3, 0.4) is 0 Å². The molecule has 1 amide bonds. The van der Waals surface area contributed by atoms with Crippen molar-refractivity contribution in [2.24, 2.45) is 0 Å². The minimum atomic E-state index is -0.440. The first-order valence-electron chi connectivity index (χ1n) is 8.51. The molecule has 0 saturated carbocycles. The van der Waals surface area contributed by atoms with Crippen molar-refractivity contribution in [1.29, 1.82) is 0 Å². The normalized spacial score (nSPS) is 20.5. The van der Waals surface area contributed by atoms with Gasteiger partial charge >= 0.3 is 13.2 Å². The number of ether oxygens (including phenoxy) is 1. The average Bonchev–Trinajstić information content (AvgIpc) is 3.12. The Bertz CT molecular complexity index is 691. The van der Waals surface area contributed by atoms with Crippen LogP contribution in [0.25, 0.3) is 0 Å². The molecule has 1 aromatic carbocycles. The van der Waals surface area contributed by atoms with E-state index in [1.54, 1.807) is 0 Å². The fourth-order valence-electron chi connectivity index (χ4n) is 2.61. The van der Waals surface area contributed by atoms with Gasteiger partial charge in [0.1, 0.15) is 6.61 Å². The maximum Gasteiger partial charge on any atom is 0.494 e. The number of benzene rings is 1. The molecule has 5 nitrogen and oxygen atoms in total. The van der Waals surface area contributed by atoms with Crippen LogP contribution in [0.2, 0.25) is 0 Å². The SMILES string of the molecule is CC1(C)OB(c2ccc(COC(=O)NC3=CC=CC3)cc2)OC1(C)C. The van der Waals surface area contributed by atoms with E-state index in [1.807, 2.05) is 70.2 Å². The summed E-state index contributed by atoms with van der Waals surface area (Å²) in [6, 6.07) is 7.73. The maximum atomic E-state index is 11.7. The van der Waals surface area contributed by atoms with Crippen LogP contribution in [-0.2, 0) is 20.7 Å². The summed E-state index contributed by atoms with van der Waals surface area (Å²) in [5.41, 5.74) is 1.99. The van der Waals surface area contributed by atoms with Crippen molar-refractivity contribution in [3.63, 3.8) is 0 Å². The average molecular weight is 341 g/mol. The van der Waals surface area contributed by atoms with Gasteiger partial charge in [-0.2, -0.15) is 0 Å². The summed E-state index contributed by atoms with van der Waals surface area (Å²) in [7, 11) is -0.384. The molecular formula is C19H24BNO4. The molecule has 132 valence electrons. The lowest BCUT2D eigenvalue weighted by Gasteiger charge is -2.32. The first kappa shape index (κ1) is 17.8. The van der Waals surface area contributed by atoms with E-state index in [0.29, 0.717) is 0 Å². The zero-order chi connectivity index (χ0) is 18.1. The lowest BCUT2D eigenvalue weighted by molar-refractivity contribution is 0.00578. The summed E-state index contributed by atoms with van der Waals surface area (Å²) in [5, 5.41) is 2.72. The Kier molecular flexibility index (Phi) is 4.76. The van der Waals surface area contributed by atoms with Gasteiger partial charge in [-0.05, 0) is 44.8 Å². The predicted molar refractivity (Wildman–Crippen MR) is 97.3 cm³/mol. The maximum absolute atomic E-state index is 11.7. The van der Waals surface area contributed by atoms with Gasteiger partial charge in [0.15, 0.2) is 0 Å². The summed E-state index contributed by atoms with van der Waals surface area (Å²) in [6.45, 7) is 8.34. The Morgan fingerprint density at radius 1 is 1.16 bits per heavy atom.